The van der Waals surface area contributed by atoms with Gasteiger partial charge in [-0.1, -0.05) is 0 Å². The highest BCUT2D eigenvalue weighted by Crippen LogP contribution is 2.00. The van der Waals surface area contributed by atoms with Crippen molar-refractivity contribution in [3.8, 4) is 0 Å². The molecule has 11 heavy (non-hydrogen) atoms. The predicted octanol–water partition coefficient (Wildman–Crippen LogP) is -1.61. The number of nitrogen functional groups attached to an aromatic ring is 2. The highest BCUT2D eigenvalue weighted by Gasteiger charge is 2.03. The van der Waals surface area contributed by atoms with Crippen LogP contribution in [0.1, 0.15) is 5.56 Å². The van der Waals surface area contributed by atoms with E-state index in [1.807, 2.05) is 0 Å². The third-order valence-corrected chi connectivity index (χ3v) is 1.27. The molecule has 0 aliphatic heterocycles. The molecule has 1 rings (SSSR count). The Morgan fingerprint density at radius 2 is 2.09 bits per heavy atom. The van der Waals surface area contributed by atoms with Crippen LogP contribution in [0.4, 0.5) is 11.8 Å². The summed E-state index contributed by atoms with van der Waals surface area (Å²) in [5.41, 5.74) is 15.6. The SMILES string of the molecule is NCc1c(N)nc(N)[nH]c1=O. The molecule has 0 amide bonds. The van der Waals surface area contributed by atoms with E-state index in [0.717, 1.165) is 0 Å². The van der Waals surface area contributed by atoms with Gasteiger partial charge in [0.2, 0.25) is 5.95 Å². The summed E-state index contributed by atoms with van der Waals surface area (Å²) in [6, 6.07) is 0. The second-order valence-corrected chi connectivity index (χ2v) is 2.02. The lowest BCUT2D eigenvalue weighted by molar-refractivity contribution is 0.991. The average Bonchev–Trinajstić information content (AvgIpc) is 1.85. The van der Waals surface area contributed by atoms with Crippen molar-refractivity contribution in [2.75, 3.05) is 11.5 Å². The van der Waals surface area contributed by atoms with Gasteiger partial charge >= 0.3 is 0 Å². The van der Waals surface area contributed by atoms with E-state index >= 15 is 0 Å². The van der Waals surface area contributed by atoms with Crippen LogP contribution in [0, 0.1) is 0 Å². The normalized spacial score (nSPS) is 9.91. The van der Waals surface area contributed by atoms with Crippen molar-refractivity contribution in [1.82, 2.24) is 9.97 Å². The van der Waals surface area contributed by atoms with Gasteiger partial charge in [0.15, 0.2) is 0 Å². The molecule has 60 valence electrons. The number of nitrogens with zero attached hydrogens (tertiary/aromatic N) is 1. The third kappa shape index (κ3) is 1.30. The van der Waals surface area contributed by atoms with E-state index in [4.69, 9.17) is 17.2 Å². The monoisotopic (exact) mass is 155 g/mol. The molecule has 0 aliphatic carbocycles. The zero-order valence-electron chi connectivity index (χ0n) is 5.79. The molecule has 6 nitrogen and oxygen atoms in total. The summed E-state index contributed by atoms with van der Waals surface area (Å²) in [7, 11) is 0. The van der Waals surface area contributed by atoms with Gasteiger partial charge in [-0.25, -0.2) is 0 Å². The second-order valence-electron chi connectivity index (χ2n) is 2.02. The van der Waals surface area contributed by atoms with Crippen LogP contribution in [0.2, 0.25) is 0 Å². The van der Waals surface area contributed by atoms with E-state index in [9.17, 15) is 4.79 Å². The van der Waals surface area contributed by atoms with Gasteiger partial charge < -0.3 is 17.2 Å². The first kappa shape index (κ1) is 7.55. The van der Waals surface area contributed by atoms with Crippen LogP contribution < -0.4 is 22.8 Å². The molecule has 0 spiro atoms. The number of hydrogen-bond donors (Lipinski definition) is 4. The maximum absolute atomic E-state index is 11.0. The molecule has 0 atom stereocenters. The zero-order valence-corrected chi connectivity index (χ0v) is 5.79. The minimum atomic E-state index is -0.377. The Labute approximate surface area is 62.4 Å². The minimum absolute atomic E-state index is 0.00435. The Bertz CT molecular complexity index is 317. The molecule has 1 aromatic rings. The molecular formula is C5H9N5O. The van der Waals surface area contributed by atoms with Crippen LogP contribution in [0.25, 0.3) is 0 Å². The van der Waals surface area contributed by atoms with Crippen LogP contribution in [-0.4, -0.2) is 9.97 Å². The summed E-state index contributed by atoms with van der Waals surface area (Å²) in [6.07, 6.45) is 0. The van der Waals surface area contributed by atoms with Crippen LogP contribution >= 0.6 is 0 Å². The van der Waals surface area contributed by atoms with Gasteiger partial charge in [0.25, 0.3) is 5.56 Å². The van der Waals surface area contributed by atoms with Gasteiger partial charge in [-0.2, -0.15) is 4.98 Å². The molecule has 0 aliphatic rings. The van der Waals surface area contributed by atoms with E-state index in [1.54, 1.807) is 0 Å². The van der Waals surface area contributed by atoms with Gasteiger partial charge in [-0.3, -0.25) is 9.78 Å². The van der Waals surface area contributed by atoms with Crippen molar-refractivity contribution in [3.63, 3.8) is 0 Å². The number of nitrogens with one attached hydrogen (secondary N) is 1. The van der Waals surface area contributed by atoms with E-state index in [-0.39, 0.29) is 29.4 Å². The molecule has 0 saturated heterocycles. The molecule has 1 aromatic heterocycles. The lowest BCUT2D eigenvalue weighted by Crippen LogP contribution is -2.21. The van der Waals surface area contributed by atoms with Crippen molar-refractivity contribution in [1.29, 1.82) is 0 Å². The van der Waals surface area contributed by atoms with Crippen LogP contribution in [0.3, 0.4) is 0 Å². The summed E-state index contributed by atoms with van der Waals surface area (Å²) in [4.78, 5) is 16.9. The number of rotatable bonds is 1. The summed E-state index contributed by atoms with van der Waals surface area (Å²) >= 11 is 0. The van der Waals surface area contributed by atoms with Crippen LogP contribution in [0.5, 0.6) is 0 Å². The molecule has 7 N–H and O–H groups in total. The largest absolute Gasteiger partial charge is 0.383 e. The quantitative estimate of drug-likeness (QED) is 0.388. The summed E-state index contributed by atoms with van der Waals surface area (Å²) in [5, 5.41) is 0. The lowest BCUT2D eigenvalue weighted by atomic mass is 10.3. The Morgan fingerprint density at radius 3 is 2.55 bits per heavy atom. The van der Waals surface area contributed by atoms with Gasteiger partial charge in [0.1, 0.15) is 5.82 Å². The average molecular weight is 155 g/mol. The zero-order chi connectivity index (χ0) is 8.43. The number of hydrogen-bond acceptors (Lipinski definition) is 5. The van der Waals surface area contributed by atoms with Crippen molar-refractivity contribution in [2.24, 2.45) is 5.73 Å². The molecule has 0 fully saturated rings. The Morgan fingerprint density at radius 1 is 1.45 bits per heavy atom. The van der Waals surface area contributed by atoms with E-state index < -0.39 is 0 Å². The van der Waals surface area contributed by atoms with Crippen molar-refractivity contribution < 1.29 is 0 Å². The maximum Gasteiger partial charge on any atom is 0.258 e. The fourth-order valence-corrected chi connectivity index (χ4v) is 0.731. The fourth-order valence-electron chi connectivity index (χ4n) is 0.731. The lowest BCUT2D eigenvalue weighted by Gasteiger charge is -2.00. The third-order valence-electron chi connectivity index (χ3n) is 1.27. The molecule has 0 radical (unpaired) electrons. The highest BCUT2D eigenvalue weighted by molar-refractivity contribution is 5.40. The number of nitrogens with two attached hydrogens (primary N) is 3. The molecule has 0 bridgehead atoms. The van der Waals surface area contributed by atoms with Crippen LogP contribution in [0.15, 0.2) is 4.79 Å². The minimum Gasteiger partial charge on any atom is -0.383 e. The topological polar surface area (TPSA) is 124 Å². The molecule has 0 aromatic carbocycles. The maximum atomic E-state index is 11.0. The molecule has 0 saturated carbocycles. The highest BCUT2D eigenvalue weighted by atomic mass is 16.1. The Hall–Kier alpha value is -1.56. The molecular weight excluding hydrogens is 146 g/mol. The van der Waals surface area contributed by atoms with E-state index in [2.05, 4.69) is 9.97 Å². The summed E-state index contributed by atoms with van der Waals surface area (Å²) in [6.45, 7) is 0.0639. The number of H-pyrrole nitrogens is 1. The first-order chi connectivity index (χ1) is 5.15. The van der Waals surface area contributed by atoms with Crippen molar-refractivity contribution >= 4 is 11.8 Å². The molecule has 0 unspecified atom stereocenters. The van der Waals surface area contributed by atoms with Crippen LogP contribution in [-0.2, 0) is 6.54 Å². The number of anilines is 2. The molecule has 1 heterocycles. The fraction of sp³-hybridized carbons (Fsp3) is 0.200. The smallest absolute Gasteiger partial charge is 0.258 e. The van der Waals surface area contributed by atoms with Gasteiger partial charge in [0, 0.05) is 6.54 Å². The summed E-state index contributed by atoms with van der Waals surface area (Å²) < 4.78 is 0. The standard InChI is InChI=1S/C5H9N5O/c6-1-2-3(7)9-5(8)10-4(2)11/h1,6H2,(H5,7,8,9,10,11). The van der Waals surface area contributed by atoms with Gasteiger partial charge in [-0.15, -0.1) is 0 Å². The Kier molecular flexibility index (Phi) is 1.77. The van der Waals surface area contributed by atoms with Crippen molar-refractivity contribution in [3.05, 3.63) is 15.9 Å². The first-order valence-corrected chi connectivity index (χ1v) is 2.99. The van der Waals surface area contributed by atoms with E-state index in [0.29, 0.717) is 0 Å². The second kappa shape index (κ2) is 2.59. The van der Waals surface area contributed by atoms with E-state index in [1.165, 1.54) is 0 Å². The van der Waals surface area contributed by atoms with Gasteiger partial charge in [-0.05, 0) is 0 Å². The van der Waals surface area contributed by atoms with Crippen molar-refractivity contribution in [2.45, 2.75) is 6.54 Å². The van der Waals surface area contributed by atoms with Gasteiger partial charge in [0.05, 0.1) is 5.56 Å². The first-order valence-electron chi connectivity index (χ1n) is 2.99. The summed E-state index contributed by atoms with van der Waals surface area (Å²) in [5.74, 6) is 0.0958. The Balaban J connectivity index is 3.37. The molecule has 6 heteroatoms. The number of aromatic nitrogens is 2. The number of aromatic amines is 1. The predicted molar refractivity (Wildman–Crippen MR) is 41.6 cm³/mol.